The van der Waals surface area contributed by atoms with Crippen LogP contribution >= 0.6 is 11.6 Å². The minimum absolute atomic E-state index is 0.100. The fraction of sp³-hybridized carbons (Fsp3) is 0. The number of nitrogens with one attached hydrogen (secondary N) is 1. The third kappa shape index (κ3) is 2.38. The largest absolute Gasteiger partial charge is 0.493 e. The van der Waals surface area contributed by atoms with Crippen LogP contribution in [0, 0.1) is 10.1 Å². The van der Waals surface area contributed by atoms with E-state index in [1.54, 1.807) is 30.3 Å². The number of rotatable bonds is 3. The Morgan fingerprint density at radius 3 is 2.68 bits per heavy atom. The molecule has 0 aliphatic heterocycles. The van der Waals surface area contributed by atoms with E-state index in [2.05, 4.69) is 15.2 Å². The lowest BCUT2D eigenvalue weighted by Gasteiger charge is -1.96. The number of aromatic nitrogens is 1. The van der Waals surface area contributed by atoms with Gasteiger partial charge in [0, 0.05) is 11.5 Å². The van der Waals surface area contributed by atoms with Crippen molar-refractivity contribution in [3.63, 3.8) is 0 Å². The van der Waals surface area contributed by atoms with Crippen molar-refractivity contribution < 1.29 is 10.0 Å². The fourth-order valence-electron chi connectivity index (χ4n) is 2.06. The average Bonchev–Trinajstić information content (AvgIpc) is 2.82. The smallest absolute Gasteiger partial charge is 0.296 e. The lowest BCUT2D eigenvalue weighted by atomic mass is 10.2. The van der Waals surface area contributed by atoms with E-state index in [0.717, 1.165) is 0 Å². The predicted molar refractivity (Wildman–Crippen MR) is 82.2 cm³/mol. The van der Waals surface area contributed by atoms with E-state index in [4.69, 9.17) is 11.6 Å². The number of hydrogen-bond acceptors (Lipinski definition) is 5. The molecule has 0 saturated heterocycles. The Bertz CT molecular complexity index is 904. The Morgan fingerprint density at radius 2 is 1.91 bits per heavy atom. The number of H-pyrrole nitrogens is 1. The number of fused-ring (bicyclic) bond motifs is 1. The molecule has 2 aromatic carbocycles. The Labute approximate surface area is 129 Å². The maximum Gasteiger partial charge on any atom is 0.296 e. The Morgan fingerprint density at radius 1 is 1.14 bits per heavy atom. The first kappa shape index (κ1) is 14.0. The molecule has 0 radical (unpaired) electrons. The minimum Gasteiger partial charge on any atom is -0.493 e. The lowest BCUT2D eigenvalue weighted by molar-refractivity contribution is -0.384. The van der Waals surface area contributed by atoms with Crippen LogP contribution in [0.5, 0.6) is 5.88 Å². The molecule has 3 rings (SSSR count). The molecule has 0 atom stereocenters. The van der Waals surface area contributed by atoms with Gasteiger partial charge in [-0.05, 0) is 12.1 Å². The van der Waals surface area contributed by atoms with Crippen LogP contribution in [0.3, 0.4) is 0 Å². The van der Waals surface area contributed by atoms with Gasteiger partial charge in [-0.15, -0.1) is 10.2 Å². The van der Waals surface area contributed by atoms with Crippen molar-refractivity contribution in [1.29, 1.82) is 0 Å². The van der Waals surface area contributed by atoms with Crippen LogP contribution in [0.4, 0.5) is 17.1 Å². The molecule has 0 aliphatic carbocycles. The van der Waals surface area contributed by atoms with E-state index in [1.807, 2.05) is 0 Å². The third-order valence-electron chi connectivity index (χ3n) is 3.07. The van der Waals surface area contributed by atoms with E-state index in [0.29, 0.717) is 15.9 Å². The molecule has 110 valence electrons. The highest BCUT2D eigenvalue weighted by Gasteiger charge is 2.14. The van der Waals surface area contributed by atoms with Crippen molar-refractivity contribution >= 4 is 39.6 Å². The zero-order chi connectivity index (χ0) is 15.7. The van der Waals surface area contributed by atoms with Gasteiger partial charge in [-0.3, -0.25) is 10.1 Å². The van der Waals surface area contributed by atoms with Crippen molar-refractivity contribution in [2.45, 2.75) is 0 Å². The van der Waals surface area contributed by atoms with Crippen LogP contribution in [0.25, 0.3) is 10.9 Å². The quantitative estimate of drug-likeness (QED) is 0.410. The topological polar surface area (TPSA) is 104 Å². The number of halogens is 1. The number of aromatic amines is 1. The van der Waals surface area contributed by atoms with Gasteiger partial charge in [0.1, 0.15) is 0 Å². The number of aromatic hydroxyl groups is 1. The third-order valence-corrected chi connectivity index (χ3v) is 3.39. The van der Waals surface area contributed by atoms with Gasteiger partial charge in [0.25, 0.3) is 5.69 Å². The first-order chi connectivity index (χ1) is 10.6. The second-order valence-corrected chi connectivity index (χ2v) is 4.84. The molecule has 8 heteroatoms. The Balaban J connectivity index is 2.09. The monoisotopic (exact) mass is 316 g/mol. The summed E-state index contributed by atoms with van der Waals surface area (Å²) in [5.41, 5.74) is 0.640. The molecule has 1 heterocycles. The lowest BCUT2D eigenvalue weighted by Crippen LogP contribution is -1.86. The number of para-hydroxylation sites is 2. The van der Waals surface area contributed by atoms with Gasteiger partial charge in [0.05, 0.1) is 15.5 Å². The summed E-state index contributed by atoms with van der Waals surface area (Å²) in [6.45, 7) is 0. The molecule has 0 saturated carbocycles. The molecule has 1 aromatic heterocycles. The fourth-order valence-corrected chi connectivity index (χ4v) is 2.28. The van der Waals surface area contributed by atoms with E-state index < -0.39 is 4.92 Å². The molecule has 0 amide bonds. The molecule has 0 fully saturated rings. The van der Waals surface area contributed by atoms with Gasteiger partial charge in [0.15, 0.2) is 11.4 Å². The van der Waals surface area contributed by atoms with Crippen LogP contribution < -0.4 is 0 Å². The number of nitro benzene ring substituents is 1. The van der Waals surface area contributed by atoms with Crippen LogP contribution in [-0.4, -0.2) is 15.0 Å². The number of azo groups is 1. The Kier molecular flexibility index (Phi) is 3.48. The number of benzene rings is 2. The molecule has 2 N–H and O–H groups in total. The highest BCUT2D eigenvalue weighted by molar-refractivity contribution is 6.35. The first-order valence-corrected chi connectivity index (χ1v) is 6.60. The van der Waals surface area contributed by atoms with E-state index in [9.17, 15) is 15.2 Å². The normalized spacial score (nSPS) is 11.3. The summed E-state index contributed by atoms with van der Waals surface area (Å²) >= 11 is 6.02. The molecule has 3 aromatic rings. The zero-order valence-electron chi connectivity index (χ0n) is 11.0. The van der Waals surface area contributed by atoms with Gasteiger partial charge in [-0.1, -0.05) is 35.9 Å². The van der Waals surface area contributed by atoms with Crippen molar-refractivity contribution in [2.24, 2.45) is 10.2 Å². The molecular weight excluding hydrogens is 308 g/mol. The standard InChI is InChI=1S/C14H9ClN4O3/c15-9-5-3-4-8-12(9)16-14(20)13(8)18-17-10-6-1-2-7-11(10)19(21)22/h1-7,16,20H. The van der Waals surface area contributed by atoms with Gasteiger partial charge in [0.2, 0.25) is 5.88 Å². The van der Waals surface area contributed by atoms with Crippen LogP contribution in [0.2, 0.25) is 5.02 Å². The molecular formula is C14H9ClN4O3. The van der Waals surface area contributed by atoms with Crippen LogP contribution in [0.1, 0.15) is 0 Å². The highest BCUT2D eigenvalue weighted by atomic mass is 35.5. The molecule has 0 bridgehead atoms. The van der Waals surface area contributed by atoms with Gasteiger partial charge >= 0.3 is 0 Å². The minimum atomic E-state index is -0.541. The summed E-state index contributed by atoms with van der Waals surface area (Å²) in [6, 6.07) is 11.1. The second kappa shape index (κ2) is 5.45. The maximum absolute atomic E-state index is 10.9. The van der Waals surface area contributed by atoms with Crippen LogP contribution in [0.15, 0.2) is 52.7 Å². The average molecular weight is 317 g/mol. The van der Waals surface area contributed by atoms with Gasteiger partial charge in [-0.2, -0.15) is 0 Å². The SMILES string of the molecule is O=[N+]([O-])c1ccccc1N=Nc1c(O)[nH]c2c(Cl)cccc12. The van der Waals surface area contributed by atoms with Gasteiger partial charge in [-0.25, -0.2) is 0 Å². The Hall–Kier alpha value is -2.93. The molecule has 0 aliphatic rings. The number of hydrogen-bond donors (Lipinski definition) is 2. The summed E-state index contributed by atoms with van der Waals surface area (Å²) in [6.07, 6.45) is 0. The van der Waals surface area contributed by atoms with Crippen molar-refractivity contribution in [1.82, 2.24) is 4.98 Å². The van der Waals surface area contributed by atoms with E-state index >= 15 is 0 Å². The highest BCUT2D eigenvalue weighted by Crippen LogP contribution is 2.39. The molecule has 0 unspecified atom stereocenters. The van der Waals surface area contributed by atoms with Crippen molar-refractivity contribution in [3.05, 3.63) is 57.6 Å². The summed E-state index contributed by atoms with van der Waals surface area (Å²) < 4.78 is 0. The molecule has 22 heavy (non-hydrogen) atoms. The number of nitrogens with zero attached hydrogens (tertiary/aromatic N) is 3. The van der Waals surface area contributed by atoms with Crippen molar-refractivity contribution in [2.75, 3.05) is 0 Å². The second-order valence-electron chi connectivity index (χ2n) is 4.43. The predicted octanol–water partition coefficient (Wildman–Crippen LogP) is 4.85. The summed E-state index contributed by atoms with van der Waals surface area (Å²) in [5, 5.41) is 29.7. The zero-order valence-corrected chi connectivity index (χ0v) is 11.8. The van der Waals surface area contributed by atoms with Crippen molar-refractivity contribution in [3.8, 4) is 5.88 Å². The summed E-state index contributed by atoms with van der Waals surface area (Å²) in [4.78, 5) is 13.1. The van der Waals surface area contributed by atoms with E-state index in [-0.39, 0.29) is 22.9 Å². The first-order valence-electron chi connectivity index (χ1n) is 6.22. The van der Waals surface area contributed by atoms with Gasteiger partial charge < -0.3 is 10.1 Å². The summed E-state index contributed by atoms with van der Waals surface area (Å²) in [5.74, 6) is -0.203. The van der Waals surface area contributed by atoms with E-state index in [1.165, 1.54) is 12.1 Å². The van der Waals surface area contributed by atoms with Crippen LogP contribution in [-0.2, 0) is 0 Å². The maximum atomic E-state index is 10.9. The number of nitro groups is 1. The molecule has 0 spiro atoms. The summed E-state index contributed by atoms with van der Waals surface area (Å²) in [7, 11) is 0. The molecule has 7 nitrogen and oxygen atoms in total.